The zero-order chi connectivity index (χ0) is 15.5. The van der Waals surface area contributed by atoms with Crippen LogP contribution in [0.2, 0.25) is 0 Å². The number of hydrogen-bond donors (Lipinski definition) is 1. The number of benzene rings is 1. The van der Waals surface area contributed by atoms with E-state index in [1.54, 1.807) is 14.2 Å². The molecule has 1 saturated carbocycles. The van der Waals surface area contributed by atoms with Crippen LogP contribution < -0.4 is 15.2 Å². The molecule has 21 heavy (non-hydrogen) atoms. The molecule has 0 aliphatic heterocycles. The van der Waals surface area contributed by atoms with Crippen molar-refractivity contribution in [3.8, 4) is 11.5 Å². The van der Waals surface area contributed by atoms with Crippen molar-refractivity contribution in [3.05, 3.63) is 22.2 Å². The molecular formula is C17H26BrNO2. The molecule has 0 saturated heterocycles. The van der Waals surface area contributed by atoms with E-state index in [1.165, 1.54) is 25.7 Å². The molecule has 0 aromatic heterocycles. The molecule has 2 atom stereocenters. The normalized spacial score (nSPS) is 26.2. The Morgan fingerprint density at radius 3 is 2.62 bits per heavy atom. The molecule has 0 heterocycles. The van der Waals surface area contributed by atoms with Gasteiger partial charge in [-0.2, -0.15) is 0 Å². The number of rotatable bonds is 4. The standard InChI is InChI=1S/C17H26BrNO2/c1-4-12-6-5-10-17(19,11-9-12)13-7-8-14(20-2)15(18)16(13)21-3/h7-8,12H,4-6,9-11,19H2,1-3H3. The summed E-state index contributed by atoms with van der Waals surface area (Å²) in [4.78, 5) is 0. The van der Waals surface area contributed by atoms with Crippen LogP contribution >= 0.6 is 15.9 Å². The highest BCUT2D eigenvalue weighted by Crippen LogP contribution is 2.45. The highest BCUT2D eigenvalue weighted by atomic mass is 79.9. The molecule has 1 aliphatic carbocycles. The summed E-state index contributed by atoms with van der Waals surface area (Å²) in [5.74, 6) is 2.40. The van der Waals surface area contributed by atoms with Crippen LogP contribution in [0.1, 0.15) is 51.0 Å². The first-order valence-electron chi connectivity index (χ1n) is 7.75. The quantitative estimate of drug-likeness (QED) is 0.802. The van der Waals surface area contributed by atoms with Crippen molar-refractivity contribution in [2.45, 2.75) is 51.0 Å². The van der Waals surface area contributed by atoms with Gasteiger partial charge in [0.1, 0.15) is 16.0 Å². The van der Waals surface area contributed by atoms with Gasteiger partial charge in [-0.3, -0.25) is 0 Å². The van der Waals surface area contributed by atoms with E-state index in [0.29, 0.717) is 0 Å². The third kappa shape index (κ3) is 3.37. The van der Waals surface area contributed by atoms with Gasteiger partial charge in [0.05, 0.1) is 14.2 Å². The number of methoxy groups -OCH3 is 2. The summed E-state index contributed by atoms with van der Waals surface area (Å²) < 4.78 is 11.8. The summed E-state index contributed by atoms with van der Waals surface area (Å²) in [6.45, 7) is 2.28. The lowest BCUT2D eigenvalue weighted by molar-refractivity contribution is 0.337. The van der Waals surface area contributed by atoms with Gasteiger partial charge in [0.2, 0.25) is 0 Å². The van der Waals surface area contributed by atoms with Crippen molar-refractivity contribution in [1.29, 1.82) is 0 Å². The highest BCUT2D eigenvalue weighted by molar-refractivity contribution is 9.10. The summed E-state index contributed by atoms with van der Waals surface area (Å²) in [5.41, 5.74) is 7.58. The van der Waals surface area contributed by atoms with Crippen molar-refractivity contribution in [2.75, 3.05) is 14.2 Å². The van der Waals surface area contributed by atoms with E-state index in [0.717, 1.165) is 40.3 Å². The van der Waals surface area contributed by atoms with Crippen LogP contribution in [0.4, 0.5) is 0 Å². The van der Waals surface area contributed by atoms with E-state index >= 15 is 0 Å². The fourth-order valence-electron chi connectivity index (χ4n) is 3.40. The van der Waals surface area contributed by atoms with Crippen LogP contribution in [-0.2, 0) is 5.54 Å². The second kappa shape index (κ2) is 7.01. The Hall–Kier alpha value is -0.740. The van der Waals surface area contributed by atoms with E-state index in [-0.39, 0.29) is 5.54 Å². The molecule has 1 aliphatic rings. The van der Waals surface area contributed by atoms with Gasteiger partial charge in [-0.15, -0.1) is 0 Å². The second-order valence-electron chi connectivity index (χ2n) is 6.02. The number of halogens is 1. The summed E-state index contributed by atoms with van der Waals surface area (Å²) in [6.07, 6.45) is 6.94. The maximum atomic E-state index is 6.79. The first-order chi connectivity index (χ1) is 10.1. The van der Waals surface area contributed by atoms with Crippen molar-refractivity contribution >= 4 is 15.9 Å². The zero-order valence-corrected chi connectivity index (χ0v) is 14.8. The molecule has 2 rings (SSSR count). The monoisotopic (exact) mass is 355 g/mol. The summed E-state index contributed by atoms with van der Waals surface area (Å²) >= 11 is 3.58. The molecule has 1 aromatic rings. The van der Waals surface area contributed by atoms with Crippen LogP contribution in [0, 0.1) is 5.92 Å². The SMILES string of the molecule is CCC1CCCC(N)(c2ccc(OC)c(Br)c2OC)CC1. The Kier molecular flexibility index (Phi) is 5.55. The molecule has 1 fully saturated rings. The average Bonchev–Trinajstić information content (AvgIpc) is 2.69. The fourth-order valence-corrected chi connectivity index (χ4v) is 4.07. The van der Waals surface area contributed by atoms with Gasteiger partial charge in [0.25, 0.3) is 0 Å². The Bertz CT molecular complexity index is 492. The zero-order valence-electron chi connectivity index (χ0n) is 13.2. The minimum atomic E-state index is -0.302. The van der Waals surface area contributed by atoms with Gasteiger partial charge in [-0.1, -0.05) is 26.2 Å². The third-order valence-corrected chi connectivity index (χ3v) is 5.58. The molecule has 2 unspecified atom stereocenters. The first kappa shape index (κ1) is 16.6. The molecule has 4 heteroatoms. The van der Waals surface area contributed by atoms with Gasteiger partial charge in [0.15, 0.2) is 0 Å². The van der Waals surface area contributed by atoms with Crippen molar-refractivity contribution in [2.24, 2.45) is 11.7 Å². The number of ether oxygens (including phenoxy) is 2. The minimum Gasteiger partial charge on any atom is -0.495 e. The molecule has 1 aromatic carbocycles. The smallest absolute Gasteiger partial charge is 0.141 e. The molecule has 3 nitrogen and oxygen atoms in total. The number of hydrogen-bond acceptors (Lipinski definition) is 3. The Balaban J connectivity index is 2.38. The maximum Gasteiger partial charge on any atom is 0.141 e. The molecular weight excluding hydrogens is 330 g/mol. The van der Waals surface area contributed by atoms with Gasteiger partial charge in [-0.05, 0) is 53.2 Å². The molecule has 0 amide bonds. The molecule has 0 spiro atoms. The topological polar surface area (TPSA) is 44.5 Å². The lowest BCUT2D eigenvalue weighted by Gasteiger charge is -2.31. The highest BCUT2D eigenvalue weighted by Gasteiger charge is 2.34. The summed E-state index contributed by atoms with van der Waals surface area (Å²) in [5, 5.41) is 0. The van der Waals surface area contributed by atoms with Crippen LogP contribution in [0.15, 0.2) is 16.6 Å². The predicted molar refractivity (Wildman–Crippen MR) is 90.0 cm³/mol. The van der Waals surface area contributed by atoms with Crippen LogP contribution in [-0.4, -0.2) is 14.2 Å². The van der Waals surface area contributed by atoms with Crippen LogP contribution in [0.25, 0.3) is 0 Å². The van der Waals surface area contributed by atoms with E-state index in [2.05, 4.69) is 28.9 Å². The molecule has 0 bridgehead atoms. The summed E-state index contributed by atoms with van der Waals surface area (Å²) in [6, 6.07) is 4.04. The van der Waals surface area contributed by atoms with E-state index in [1.807, 2.05) is 6.07 Å². The van der Waals surface area contributed by atoms with Crippen LogP contribution in [0.5, 0.6) is 11.5 Å². The predicted octanol–water partition coefficient (Wildman–Crippen LogP) is 4.61. The fraction of sp³-hybridized carbons (Fsp3) is 0.647. The Morgan fingerprint density at radius 2 is 2.00 bits per heavy atom. The van der Waals surface area contributed by atoms with Crippen molar-refractivity contribution in [1.82, 2.24) is 0 Å². The van der Waals surface area contributed by atoms with Crippen molar-refractivity contribution < 1.29 is 9.47 Å². The van der Waals surface area contributed by atoms with Gasteiger partial charge >= 0.3 is 0 Å². The lowest BCUT2D eigenvalue weighted by atomic mass is 9.83. The number of nitrogens with two attached hydrogens (primary N) is 1. The lowest BCUT2D eigenvalue weighted by Crippen LogP contribution is -2.36. The Morgan fingerprint density at radius 1 is 1.24 bits per heavy atom. The van der Waals surface area contributed by atoms with Gasteiger partial charge in [0, 0.05) is 11.1 Å². The molecule has 0 radical (unpaired) electrons. The van der Waals surface area contributed by atoms with Gasteiger partial charge < -0.3 is 15.2 Å². The largest absolute Gasteiger partial charge is 0.495 e. The van der Waals surface area contributed by atoms with Crippen molar-refractivity contribution in [3.63, 3.8) is 0 Å². The average molecular weight is 356 g/mol. The Labute approximate surface area is 136 Å². The third-order valence-electron chi connectivity index (χ3n) is 4.83. The second-order valence-corrected chi connectivity index (χ2v) is 6.82. The first-order valence-corrected chi connectivity index (χ1v) is 8.55. The van der Waals surface area contributed by atoms with E-state index in [9.17, 15) is 0 Å². The van der Waals surface area contributed by atoms with Gasteiger partial charge in [-0.25, -0.2) is 0 Å². The molecule has 2 N–H and O–H groups in total. The van der Waals surface area contributed by atoms with E-state index < -0.39 is 0 Å². The van der Waals surface area contributed by atoms with Crippen LogP contribution in [0.3, 0.4) is 0 Å². The minimum absolute atomic E-state index is 0.302. The summed E-state index contributed by atoms with van der Waals surface area (Å²) in [7, 11) is 3.35. The maximum absolute atomic E-state index is 6.79. The molecule has 118 valence electrons. The van der Waals surface area contributed by atoms with E-state index in [4.69, 9.17) is 15.2 Å².